The number of nitrogens with one attached hydrogen (secondary N) is 1. The Morgan fingerprint density at radius 2 is 1.89 bits per heavy atom. The summed E-state index contributed by atoms with van der Waals surface area (Å²) >= 11 is 0. The van der Waals surface area contributed by atoms with Crippen LogP contribution in [0.4, 0.5) is 11.7 Å². The van der Waals surface area contributed by atoms with Gasteiger partial charge in [0.25, 0.3) is 6.01 Å². The number of nitrogen functional groups attached to an aromatic ring is 1. The highest BCUT2D eigenvalue weighted by Gasteiger charge is 2.29. The van der Waals surface area contributed by atoms with Gasteiger partial charge in [-0.2, -0.15) is 4.98 Å². The number of aliphatic hydroxyl groups is 3. The molecule has 7 nitrogen and oxygen atoms in total. The minimum absolute atomic E-state index is 0.0834. The minimum atomic E-state index is -1.28. The van der Waals surface area contributed by atoms with Crippen molar-refractivity contribution in [2.45, 2.75) is 5.54 Å². The fraction of sp³-hybridized carbons (Fsp3) is 0.364. The van der Waals surface area contributed by atoms with E-state index in [1.807, 2.05) is 0 Å². The topological polar surface area (TPSA) is 125 Å². The summed E-state index contributed by atoms with van der Waals surface area (Å²) in [4.78, 5) is 4.10. The van der Waals surface area contributed by atoms with E-state index in [0.717, 1.165) is 0 Å². The molecule has 0 saturated carbocycles. The normalized spacial score (nSPS) is 11.9. The van der Waals surface area contributed by atoms with Crippen molar-refractivity contribution in [2.75, 3.05) is 30.9 Å². The van der Waals surface area contributed by atoms with Crippen molar-refractivity contribution in [3.63, 3.8) is 0 Å². The Hall–Kier alpha value is -1.83. The van der Waals surface area contributed by atoms with Crippen LogP contribution in [0.1, 0.15) is 0 Å². The number of anilines is 2. The van der Waals surface area contributed by atoms with Gasteiger partial charge in [0.1, 0.15) is 11.1 Å². The lowest BCUT2D eigenvalue weighted by atomic mass is 10.0. The first-order chi connectivity index (χ1) is 8.64. The molecule has 1 aromatic heterocycles. The number of para-hydroxylation sites is 1. The molecule has 7 heteroatoms. The van der Waals surface area contributed by atoms with E-state index in [4.69, 9.17) is 10.2 Å². The van der Waals surface area contributed by atoms with E-state index in [-0.39, 0.29) is 6.01 Å². The molecule has 0 bridgehead atoms. The van der Waals surface area contributed by atoms with Crippen molar-refractivity contribution in [2.24, 2.45) is 0 Å². The molecule has 6 N–H and O–H groups in total. The zero-order valence-electron chi connectivity index (χ0n) is 9.63. The van der Waals surface area contributed by atoms with Crippen LogP contribution in [0.3, 0.4) is 0 Å². The number of hydrogen-bond donors (Lipinski definition) is 5. The van der Waals surface area contributed by atoms with Crippen LogP contribution in [0.15, 0.2) is 22.6 Å². The summed E-state index contributed by atoms with van der Waals surface area (Å²) in [5.74, 6) is 0. The summed E-state index contributed by atoms with van der Waals surface area (Å²) in [7, 11) is 0. The Kier molecular flexibility index (Phi) is 3.37. The molecule has 98 valence electrons. The Morgan fingerprint density at radius 3 is 2.44 bits per heavy atom. The summed E-state index contributed by atoms with van der Waals surface area (Å²) in [6.07, 6.45) is 0. The monoisotopic (exact) mass is 253 g/mol. The van der Waals surface area contributed by atoms with Crippen molar-refractivity contribution in [3.05, 3.63) is 18.2 Å². The van der Waals surface area contributed by atoms with Crippen molar-refractivity contribution in [1.82, 2.24) is 4.98 Å². The van der Waals surface area contributed by atoms with Gasteiger partial charge in [-0.1, -0.05) is 6.07 Å². The predicted molar refractivity (Wildman–Crippen MR) is 66.0 cm³/mol. The van der Waals surface area contributed by atoms with Crippen LogP contribution in [-0.2, 0) is 0 Å². The van der Waals surface area contributed by atoms with E-state index < -0.39 is 25.4 Å². The number of fused-ring (bicyclic) bond motifs is 1. The molecule has 1 heterocycles. The smallest absolute Gasteiger partial charge is 0.296 e. The van der Waals surface area contributed by atoms with E-state index in [1.54, 1.807) is 18.2 Å². The highest BCUT2D eigenvalue weighted by Crippen LogP contribution is 2.25. The molecular weight excluding hydrogens is 238 g/mol. The van der Waals surface area contributed by atoms with Crippen LogP contribution in [-0.4, -0.2) is 45.7 Å². The van der Waals surface area contributed by atoms with Gasteiger partial charge in [-0.05, 0) is 12.1 Å². The molecule has 1 aromatic carbocycles. The second kappa shape index (κ2) is 4.81. The zero-order valence-corrected chi connectivity index (χ0v) is 9.63. The largest absolute Gasteiger partial charge is 0.423 e. The Labute approximate surface area is 103 Å². The highest BCUT2D eigenvalue weighted by molar-refractivity contribution is 5.86. The van der Waals surface area contributed by atoms with Gasteiger partial charge in [0.2, 0.25) is 0 Å². The molecule has 0 fully saturated rings. The van der Waals surface area contributed by atoms with Crippen LogP contribution in [0.2, 0.25) is 0 Å². The van der Waals surface area contributed by atoms with Crippen LogP contribution >= 0.6 is 0 Å². The Bertz CT molecular complexity index is 528. The maximum Gasteiger partial charge on any atom is 0.296 e. The van der Waals surface area contributed by atoms with Gasteiger partial charge in [0.15, 0.2) is 5.58 Å². The molecule has 0 unspecified atom stereocenters. The number of hydrogen-bond acceptors (Lipinski definition) is 7. The van der Waals surface area contributed by atoms with Crippen LogP contribution < -0.4 is 11.1 Å². The van der Waals surface area contributed by atoms with Crippen molar-refractivity contribution >= 4 is 22.8 Å². The molecule has 0 aliphatic heterocycles. The second-order valence-electron chi connectivity index (χ2n) is 4.09. The summed E-state index contributed by atoms with van der Waals surface area (Å²) < 4.78 is 5.37. The molecule has 0 radical (unpaired) electrons. The lowest BCUT2D eigenvalue weighted by Gasteiger charge is -2.27. The highest BCUT2D eigenvalue weighted by atomic mass is 16.4. The standard InChI is InChI=1S/C11H15N3O4/c12-7-2-1-3-8-9(7)13-10(18-8)14-11(4-15,5-16)6-17/h1-3,15-17H,4-6,12H2,(H,13,14). The van der Waals surface area contributed by atoms with E-state index in [9.17, 15) is 15.3 Å². The molecule has 0 aliphatic carbocycles. The van der Waals surface area contributed by atoms with Gasteiger partial charge in [0, 0.05) is 0 Å². The first-order valence-corrected chi connectivity index (χ1v) is 5.40. The predicted octanol–water partition coefficient (Wildman–Crippen LogP) is -0.462. The summed E-state index contributed by atoms with van der Waals surface area (Å²) in [5, 5.41) is 30.2. The first kappa shape index (κ1) is 12.6. The molecule has 0 saturated heterocycles. The average Bonchev–Trinajstić information content (AvgIpc) is 2.80. The van der Waals surface area contributed by atoms with Gasteiger partial charge in [-0.15, -0.1) is 0 Å². The maximum atomic E-state index is 9.19. The lowest BCUT2D eigenvalue weighted by Crippen LogP contribution is -2.49. The number of nitrogens with zero attached hydrogens (tertiary/aromatic N) is 1. The van der Waals surface area contributed by atoms with Crippen LogP contribution in [0, 0.1) is 0 Å². The molecular formula is C11H15N3O4. The number of oxazole rings is 1. The van der Waals surface area contributed by atoms with Crippen molar-refractivity contribution in [1.29, 1.82) is 0 Å². The SMILES string of the molecule is Nc1cccc2oc(NC(CO)(CO)CO)nc12. The second-order valence-corrected chi connectivity index (χ2v) is 4.09. The number of aliphatic hydroxyl groups excluding tert-OH is 3. The maximum absolute atomic E-state index is 9.19. The van der Waals surface area contributed by atoms with Gasteiger partial charge in [0.05, 0.1) is 25.5 Å². The fourth-order valence-electron chi connectivity index (χ4n) is 1.52. The van der Waals surface area contributed by atoms with E-state index in [1.165, 1.54) is 0 Å². The first-order valence-electron chi connectivity index (χ1n) is 5.40. The van der Waals surface area contributed by atoms with E-state index in [0.29, 0.717) is 16.8 Å². The number of aromatic nitrogens is 1. The third-order valence-corrected chi connectivity index (χ3v) is 2.73. The lowest BCUT2D eigenvalue weighted by molar-refractivity contribution is 0.0817. The summed E-state index contributed by atoms with van der Waals surface area (Å²) in [6, 6.07) is 5.19. The minimum Gasteiger partial charge on any atom is -0.423 e. The fourth-order valence-corrected chi connectivity index (χ4v) is 1.52. The van der Waals surface area contributed by atoms with Crippen LogP contribution in [0.25, 0.3) is 11.1 Å². The molecule has 0 atom stereocenters. The van der Waals surface area contributed by atoms with Crippen molar-refractivity contribution < 1.29 is 19.7 Å². The van der Waals surface area contributed by atoms with E-state index >= 15 is 0 Å². The molecule has 0 amide bonds. The quantitative estimate of drug-likeness (QED) is 0.456. The number of rotatable bonds is 5. The Balaban J connectivity index is 2.34. The van der Waals surface area contributed by atoms with Gasteiger partial charge in [-0.3, -0.25) is 0 Å². The van der Waals surface area contributed by atoms with E-state index in [2.05, 4.69) is 10.3 Å². The third kappa shape index (κ3) is 2.10. The summed E-state index contributed by atoms with van der Waals surface area (Å²) in [5.41, 5.74) is 5.89. The van der Waals surface area contributed by atoms with Crippen LogP contribution in [0.5, 0.6) is 0 Å². The van der Waals surface area contributed by atoms with Gasteiger partial charge < -0.3 is 30.8 Å². The molecule has 0 spiro atoms. The molecule has 2 aromatic rings. The number of benzene rings is 1. The summed E-state index contributed by atoms with van der Waals surface area (Å²) in [6.45, 7) is -1.39. The van der Waals surface area contributed by atoms with Crippen molar-refractivity contribution in [3.8, 4) is 0 Å². The van der Waals surface area contributed by atoms with Gasteiger partial charge >= 0.3 is 0 Å². The molecule has 18 heavy (non-hydrogen) atoms. The zero-order chi connectivity index (χ0) is 13.2. The number of nitrogens with two attached hydrogens (primary N) is 1. The molecule has 0 aliphatic rings. The Morgan fingerprint density at radius 1 is 1.22 bits per heavy atom. The average molecular weight is 253 g/mol. The third-order valence-electron chi connectivity index (χ3n) is 2.73. The van der Waals surface area contributed by atoms with Gasteiger partial charge in [-0.25, -0.2) is 0 Å². The molecule has 2 rings (SSSR count).